The number of Topliss-reactive ketones (excluding diaryl/α,β-unsaturated/α-hetero) is 1. The van der Waals surface area contributed by atoms with Gasteiger partial charge in [0.1, 0.15) is 23.1 Å². The molecule has 1 atom stereocenters. The summed E-state index contributed by atoms with van der Waals surface area (Å²) in [4.78, 5) is 27.5. The van der Waals surface area contributed by atoms with Gasteiger partial charge in [0.05, 0.1) is 25.8 Å². The molecule has 0 bridgehead atoms. The molecule has 3 aromatic carbocycles. The van der Waals surface area contributed by atoms with Crippen LogP contribution < -0.4 is 14.4 Å². The molecule has 7 heteroatoms. The van der Waals surface area contributed by atoms with Crippen molar-refractivity contribution in [3.8, 4) is 11.5 Å². The number of amides is 1. The summed E-state index contributed by atoms with van der Waals surface area (Å²) in [7, 11) is 3.03. The Labute approximate surface area is 190 Å². The number of hydrogen-bond acceptors (Lipinski definition) is 5. The molecule has 3 aromatic rings. The Kier molecular flexibility index (Phi) is 5.87. The average Bonchev–Trinajstić information content (AvgIpc) is 3.09. The van der Waals surface area contributed by atoms with Crippen molar-refractivity contribution in [3.63, 3.8) is 0 Å². The number of ketones is 1. The number of benzene rings is 3. The lowest BCUT2D eigenvalue weighted by Gasteiger charge is -2.26. The van der Waals surface area contributed by atoms with Crippen LogP contribution in [0.15, 0.2) is 72.3 Å². The smallest absolute Gasteiger partial charge is 0.300 e. The molecule has 1 unspecified atom stereocenters. The fourth-order valence-corrected chi connectivity index (χ4v) is 4.01. The van der Waals surface area contributed by atoms with Crippen molar-refractivity contribution >= 4 is 23.1 Å². The lowest BCUT2D eigenvalue weighted by atomic mass is 9.93. The highest BCUT2D eigenvalue weighted by atomic mass is 19.1. The van der Waals surface area contributed by atoms with Gasteiger partial charge >= 0.3 is 0 Å². The molecule has 33 heavy (non-hydrogen) atoms. The fraction of sp³-hybridized carbons (Fsp3) is 0.154. The Morgan fingerprint density at radius 2 is 1.58 bits per heavy atom. The number of aliphatic hydroxyl groups excluding tert-OH is 1. The van der Waals surface area contributed by atoms with Crippen LogP contribution in [0.1, 0.15) is 22.7 Å². The third kappa shape index (κ3) is 3.82. The molecule has 1 aliphatic heterocycles. The molecule has 1 heterocycles. The molecule has 0 aromatic heterocycles. The molecule has 4 rings (SSSR count). The van der Waals surface area contributed by atoms with Gasteiger partial charge in [0.25, 0.3) is 11.7 Å². The number of ether oxygens (including phenoxy) is 2. The summed E-state index contributed by atoms with van der Waals surface area (Å²) in [6.07, 6.45) is 0. The molecule has 0 spiro atoms. The maximum Gasteiger partial charge on any atom is 0.300 e. The molecular formula is C26H22FNO5. The summed E-state index contributed by atoms with van der Waals surface area (Å²) in [5, 5.41) is 11.2. The molecule has 1 aliphatic rings. The number of carbonyl (C=O) groups is 2. The number of hydrogen-bond donors (Lipinski definition) is 1. The van der Waals surface area contributed by atoms with Gasteiger partial charge < -0.3 is 14.6 Å². The first-order valence-corrected chi connectivity index (χ1v) is 10.2. The topological polar surface area (TPSA) is 76.1 Å². The van der Waals surface area contributed by atoms with E-state index in [1.807, 2.05) is 0 Å². The van der Waals surface area contributed by atoms with Crippen LogP contribution in [0, 0.1) is 12.7 Å². The van der Waals surface area contributed by atoms with Crippen LogP contribution in [0.3, 0.4) is 0 Å². The number of anilines is 1. The Morgan fingerprint density at radius 1 is 0.939 bits per heavy atom. The number of halogens is 1. The molecule has 0 aliphatic carbocycles. The second-order valence-corrected chi connectivity index (χ2v) is 7.57. The zero-order valence-electron chi connectivity index (χ0n) is 18.3. The van der Waals surface area contributed by atoms with Gasteiger partial charge in [0, 0.05) is 16.8 Å². The molecule has 1 fully saturated rings. The predicted octanol–water partition coefficient (Wildman–Crippen LogP) is 4.78. The van der Waals surface area contributed by atoms with Crippen molar-refractivity contribution in [2.24, 2.45) is 0 Å². The van der Waals surface area contributed by atoms with Crippen molar-refractivity contribution in [1.29, 1.82) is 0 Å². The number of rotatable bonds is 5. The summed E-state index contributed by atoms with van der Waals surface area (Å²) >= 11 is 0. The van der Waals surface area contributed by atoms with Gasteiger partial charge in [0.2, 0.25) is 0 Å². The minimum atomic E-state index is -1.15. The molecular weight excluding hydrogens is 425 g/mol. The molecule has 6 nitrogen and oxygen atoms in total. The molecule has 168 valence electrons. The van der Waals surface area contributed by atoms with E-state index in [1.54, 1.807) is 55.5 Å². The highest BCUT2D eigenvalue weighted by molar-refractivity contribution is 6.51. The van der Waals surface area contributed by atoms with Crippen LogP contribution in [0.25, 0.3) is 5.76 Å². The highest BCUT2D eigenvalue weighted by Crippen LogP contribution is 2.43. The first-order valence-electron chi connectivity index (χ1n) is 10.2. The maximum absolute atomic E-state index is 14.9. The van der Waals surface area contributed by atoms with Crippen LogP contribution in [-0.4, -0.2) is 31.0 Å². The molecule has 1 amide bonds. The Bertz CT molecular complexity index is 1270. The first kappa shape index (κ1) is 22.1. The maximum atomic E-state index is 14.9. The zero-order chi connectivity index (χ0) is 23.7. The molecule has 0 saturated carbocycles. The molecule has 1 N–H and O–H groups in total. The third-order valence-corrected chi connectivity index (χ3v) is 5.68. The molecule has 1 saturated heterocycles. The van der Waals surface area contributed by atoms with E-state index in [9.17, 15) is 19.1 Å². The Hall–Kier alpha value is -4.13. The average molecular weight is 447 g/mol. The standard InChI is InChI=1S/C26H22FNO5/c1-15-14-18(33-3)12-13-19(15)24(29)22-23(20-6-4-5-7-21(20)27)28(26(31)25(22)30)16-8-10-17(32-2)11-9-16/h4-14,23,29H,1-3H3/b24-22+. The monoisotopic (exact) mass is 447 g/mol. The number of nitrogens with zero attached hydrogens (tertiary/aromatic N) is 1. The highest BCUT2D eigenvalue weighted by Gasteiger charge is 2.47. The van der Waals surface area contributed by atoms with Crippen LogP contribution >= 0.6 is 0 Å². The van der Waals surface area contributed by atoms with Crippen molar-refractivity contribution in [2.45, 2.75) is 13.0 Å². The summed E-state index contributed by atoms with van der Waals surface area (Å²) in [5.41, 5.74) is 1.27. The zero-order valence-corrected chi connectivity index (χ0v) is 18.3. The van der Waals surface area contributed by atoms with Gasteiger partial charge in [-0.2, -0.15) is 0 Å². The van der Waals surface area contributed by atoms with Crippen LogP contribution in [0.4, 0.5) is 10.1 Å². The van der Waals surface area contributed by atoms with E-state index in [-0.39, 0.29) is 16.9 Å². The predicted molar refractivity (Wildman–Crippen MR) is 122 cm³/mol. The van der Waals surface area contributed by atoms with Crippen LogP contribution in [0.5, 0.6) is 11.5 Å². The van der Waals surface area contributed by atoms with Gasteiger partial charge in [-0.15, -0.1) is 0 Å². The van der Waals surface area contributed by atoms with E-state index in [0.717, 1.165) is 0 Å². The minimum absolute atomic E-state index is 0.0974. The van der Waals surface area contributed by atoms with Crippen molar-refractivity contribution in [3.05, 3.63) is 94.8 Å². The fourth-order valence-electron chi connectivity index (χ4n) is 4.01. The largest absolute Gasteiger partial charge is 0.507 e. The quantitative estimate of drug-likeness (QED) is 0.346. The number of aryl methyl sites for hydroxylation is 1. The second-order valence-electron chi connectivity index (χ2n) is 7.57. The van der Waals surface area contributed by atoms with Crippen LogP contribution in [0.2, 0.25) is 0 Å². The van der Waals surface area contributed by atoms with Gasteiger partial charge in [0.15, 0.2) is 0 Å². The van der Waals surface area contributed by atoms with Crippen molar-refractivity contribution < 1.29 is 28.6 Å². The SMILES string of the molecule is COc1ccc(N2C(=O)C(=O)/C(=C(/O)c3ccc(OC)cc3C)C2c2ccccc2F)cc1. The summed E-state index contributed by atoms with van der Waals surface area (Å²) in [6, 6.07) is 16.2. The van der Waals surface area contributed by atoms with Gasteiger partial charge in [-0.3, -0.25) is 14.5 Å². The Morgan fingerprint density at radius 3 is 2.18 bits per heavy atom. The van der Waals surface area contributed by atoms with Gasteiger partial charge in [-0.25, -0.2) is 4.39 Å². The number of aliphatic hydroxyl groups is 1. The van der Waals surface area contributed by atoms with E-state index in [0.29, 0.717) is 28.3 Å². The van der Waals surface area contributed by atoms with E-state index < -0.39 is 23.5 Å². The van der Waals surface area contributed by atoms with Crippen molar-refractivity contribution in [1.82, 2.24) is 0 Å². The third-order valence-electron chi connectivity index (χ3n) is 5.68. The lowest BCUT2D eigenvalue weighted by Crippen LogP contribution is -2.29. The minimum Gasteiger partial charge on any atom is -0.507 e. The van der Waals surface area contributed by atoms with Gasteiger partial charge in [-0.05, 0) is 61.0 Å². The van der Waals surface area contributed by atoms with E-state index in [2.05, 4.69) is 0 Å². The van der Waals surface area contributed by atoms with E-state index in [4.69, 9.17) is 9.47 Å². The molecule has 0 radical (unpaired) electrons. The van der Waals surface area contributed by atoms with Gasteiger partial charge in [-0.1, -0.05) is 18.2 Å². The number of methoxy groups -OCH3 is 2. The summed E-state index contributed by atoms with van der Waals surface area (Å²) < 4.78 is 25.3. The second kappa shape index (κ2) is 8.78. The van der Waals surface area contributed by atoms with Crippen LogP contribution in [-0.2, 0) is 9.59 Å². The van der Waals surface area contributed by atoms with Crippen molar-refractivity contribution in [2.75, 3.05) is 19.1 Å². The normalized spacial score (nSPS) is 17.3. The van der Waals surface area contributed by atoms with E-state index >= 15 is 0 Å². The number of carbonyl (C=O) groups excluding carboxylic acids is 2. The summed E-state index contributed by atoms with van der Waals surface area (Å²) in [6.45, 7) is 1.75. The van der Waals surface area contributed by atoms with E-state index in [1.165, 1.54) is 37.3 Å². The Balaban J connectivity index is 1.95. The lowest BCUT2D eigenvalue weighted by molar-refractivity contribution is -0.132. The summed E-state index contributed by atoms with van der Waals surface area (Å²) in [5.74, 6) is -1.59. The first-order chi connectivity index (χ1) is 15.9.